The van der Waals surface area contributed by atoms with E-state index in [1.165, 1.54) is 0 Å². The Morgan fingerprint density at radius 2 is 1.70 bits per heavy atom. The number of hydrogen-bond donors (Lipinski definition) is 2. The van der Waals surface area contributed by atoms with E-state index in [1.54, 1.807) is 0 Å². The number of fused-ring (bicyclic) bond motifs is 3. The number of carbonyl (C=O) groups is 1. The summed E-state index contributed by atoms with van der Waals surface area (Å²) in [5.41, 5.74) is -2.02. The van der Waals surface area contributed by atoms with Crippen LogP contribution in [-0.4, -0.2) is 27.2 Å². The molecule has 0 aliphatic heterocycles. The summed E-state index contributed by atoms with van der Waals surface area (Å²) in [4.78, 5) is 12.5. The van der Waals surface area contributed by atoms with Crippen LogP contribution < -0.4 is 0 Å². The Bertz CT molecular complexity index is 565. The third kappa shape index (κ3) is 1.66. The van der Waals surface area contributed by atoms with E-state index in [9.17, 15) is 15.0 Å². The van der Waals surface area contributed by atoms with E-state index in [-0.39, 0.29) is 22.2 Å². The summed E-state index contributed by atoms with van der Waals surface area (Å²) in [7, 11) is 0. The molecule has 0 saturated heterocycles. The lowest BCUT2D eigenvalue weighted by atomic mass is 9.39. The van der Waals surface area contributed by atoms with Crippen LogP contribution in [0.5, 0.6) is 0 Å². The van der Waals surface area contributed by atoms with Crippen molar-refractivity contribution in [3.05, 3.63) is 0 Å². The summed E-state index contributed by atoms with van der Waals surface area (Å²) < 4.78 is 0. The summed E-state index contributed by atoms with van der Waals surface area (Å²) in [6.45, 7) is 8.41. The van der Waals surface area contributed by atoms with Crippen LogP contribution >= 0.6 is 0 Å². The molecule has 2 bridgehead atoms. The molecule has 0 amide bonds. The maximum atomic E-state index is 12.5. The van der Waals surface area contributed by atoms with Crippen molar-refractivity contribution >= 4 is 5.78 Å². The maximum Gasteiger partial charge on any atom is 0.138 e. The van der Waals surface area contributed by atoms with Gasteiger partial charge in [0.05, 0.1) is 11.2 Å². The monoisotopic (exact) mass is 320 g/mol. The highest BCUT2D eigenvalue weighted by Gasteiger charge is 2.73. The second-order valence-electron chi connectivity index (χ2n) is 10.3. The van der Waals surface area contributed by atoms with Crippen molar-refractivity contribution in [1.82, 2.24) is 0 Å². The van der Waals surface area contributed by atoms with Crippen molar-refractivity contribution in [3.8, 4) is 0 Å². The fourth-order valence-corrected chi connectivity index (χ4v) is 7.71. The van der Waals surface area contributed by atoms with Gasteiger partial charge in [-0.15, -0.1) is 0 Å². The van der Waals surface area contributed by atoms with Crippen molar-refractivity contribution in [2.75, 3.05) is 0 Å². The van der Waals surface area contributed by atoms with E-state index < -0.39 is 11.2 Å². The first kappa shape index (κ1) is 16.1. The molecule has 0 aromatic heterocycles. The second-order valence-corrected chi connectivity index (χ2v) is 10.3. The van der Waals surface area contributed by atoms with E-state index in [1.807, 2.05) is 6.92 Å². The van der Waals surface area contributed by atoms with Crippen molar-refractivity contribution in [1.29, 1.82) is 0 Å². The van der Waals surface area contributed by atoms with Gasteiger partial charge in [0.2, 0.25) is 0 Å². The molecule has 6 atom stereocenters. The van der Waals surface area contributed by atoms with Gasteiger partial charge in [-0.1, -0.05) is 20.8 Å². The summed E-state index contributed by atoms with van der Waals surface area (Å²) in [5.74, 6) is 0.960. The Hall–Kier alpha value is -0.410. The molecule has 0 radical (unpaired) electrons. The average Bonchev–Trinajstić information content (AvgIpc) is 2.66. The molecule has 0 aromatic carbocycles. The highest BCUT2D eigenvalue weighted by Crippen LogP contribution is 2.74. The molecule has 4 aliphatic rings. The number of carbonyl (C=O) groups excluding carboxylic acids is 1. The van der Waals surface area contributed by atoms with Crippen LogP contribution in [-0.2, 0) is 4.79 Å². The van der Waals surface area contributed by atoms with Gasteiger partial charge in [0.1, 0.15) is 5.78 Å². The minimum Gasteiger partial charge on any atom is -0.390 e. The molecule has 1 spiro atoms. The second kappa shape index (κ2) is 4.22. The average molecular weight is 320 g/mol. The lowest BCUT2D eigenvalue weighted by Crippen LogP contribution is -2.68. The van der Waals surface area contributed by atoms with E-state index in [2.05, 4.69) is 20.8 Å². The SMILES string of the molecule is CC1(C)C(=O)CC[C@]2(C)[C@H]1CC[C@@]13C[C@@H](CC[C@]12O)[C@](C)(O)C3. The minimum absolute atomic E-state index is 0.138. The fourth-order valence-electron chi connectivity index (χ4n) is 7.71. The molecule has 0 aromatic rings. The molecule has 3 heteroatoms. The summed E-state index contributed by atoms with van der Waals surface area (Å²) in [6.07, 6.45) is 6.80. The molecule has 4 fully saturated rings. The summed E-state index contributed by atoms with van der Waals surface area (Å²) in [5, 5.41) is 22.9. The van der Waals surface area contributed by atoms with E-state index in [4.69, 9.17) is 0 Å². The standard InChI is InChI=1S/C20H32O3/c1-16(2)14-6-9-19-11-13(18(4,22)12-19)5-10-20(19,23)17(14,3)8-7-15(16)21/h13-14,22-23H,5-12H2,1-4H3/t13-,14+,17-,18-,19+,20-/m1/s1. The first-order valence-electron chi connectivity index (χ1n) is 9.47. The molecule has 0 unspecified atom stereocenters. The van der Waals surface area contributed by atoms with Gasteiger partial charge in [-0.25, -0.2) is 0 Å². The predicted octanol–water partition coefficient (Wildman–Crippen LogP) is 3.46. The van der Waals surface area contributed by atoms with E-state index in [0.717, 1.165) is 44.9 Å². The normalized spacial score (nSPS) is 57.7. The van der Waals surface area contributed by atoms with Gasteiger partial charge in [-0.2, -0.15) is 0 Å². The molecule has 130 valence electrons. The van der Waals surface area contributed by atoms with E-state index in [0.29, 0.717) is 18.1 Å². The number of rotatable bonds is 0. The number of hydrogen-bond acceptors (Lipinski definition) is 3. The Kier molecular flexibility index (Phi) is 2.95. The van der Waals surface area contributed by atoms with Crippen LogP contribution in [0.3, 0.4) is 0 Å². The van der Waals surface area contributed by atoms with Crippen LogP contribution in [0.15, 0.2) is 0 Å². The molecular formula is C20H32O3. The van der Waals surface area contributed by atoms with Gasteiger partial charge in [-0.05, 0) is 63.7 Å². The highest BCUT2D eigenvalue weighted by atomic mass is 16.3. The van der Waals surface area contributed by atoms with Gasteiger partial charge < -0.3 is 10.2 Å². The largest absolute Gasteiger partial charge is 0.390 e. The van der Waals surface area contributed by atoms with Crippen molar-refractivity contribution in [2.24, 2.45) is 28.1 Å². The van der Waals surface area contributed by atoms with Crippen LogP contribution in [0, 0.1) is 28.1 Å². The zero-order valence-corrected chi connectivity index (χ0v) is 15.1. The van der Waals surface area contributed by atoms with Crippen LogP contribution in [0.25, 0.3) is 0 Å². The van der Waals surface area contributed by atoms with Crippen LogP contribution in [0.1, 0.15) is 79.1 Å². The van der Waals surface area contributed by atoms with Crippen molar-refractivity contribution < 1.29 is 15.0 Å². The first-order chi connectivity index (χ1) is 10.5. The smallest absolute Gasteiger partial charge is 0.138 e. The number of aliphatic hydroxyl groups is 2. The first-order valence-corrected chi connectivity index (χ1v) is 9.47. The van der Waals surface area contributed by atoms with Crippen LogP contribution in [0.2, 0.25) is 0 Å². The Morgan fingerprint density at radius 1 is 1.00 bits per heavy atom. The fraction of sp³-hybridized carbons (Fsp3) is 0.950. The lowest BCUT2D eigenvalue weighted by Gasteiger charge is -2.67. The molecule has 2 N–H and O–H groups in total. The zero-order chi connectivity index (χ0) is 16.9. The van der Waals surface area contributed by atoms with E-state index >= 15 is 0 Å². The van der Waals surface area contributed by atoms with Gasteiger partial charge >= 0.3 is 0 Å². The molecule has 3 nitrogen and oxygen atoms in total. The Labute approximate surface area is 139 Å². The molecule has 23 heavy (non-hydrogen) atoms. The maximum absolute atomic E-state index is 12.5. The molecule has 0 heterocycles. The van der Waals surface area contributed by atoms with Gasteiger partial charge in [0, 0.05) is 22.7 Å². The summed E-state index contributed by atoms with van der Waals surface area (Å²) in [6, 6.07) is 0. The topological polar surface area (TPSA) is 57.5 Å². The van der Waals surface area contributed by atoms with Crippen molar-refractivity contribution in [2.45, 2.75) is 90.3 Å². The number of ketones is 1. The highest BCUT2D eigenvalue weighted by molar-refractivity contribution is 5.85. The lowest BCUT2D eigenvalue weighted by molar-refractivity contribution is -0.255. The Balaban J connectivity index is 1.82. The van der Waals surface area contributed by atoms with Gasteiger partial charge in [0.25, 0.3) is 0 Å². The van der Waals surface area contributed by atoms with Gasteiger partial charge in [0.15, 0.2) is 0 Å². The van der Waals surface area contributed by atoms with Crippen molar-refractivity contribution in [3.63, 3.8) is 0 Å². The zero-order valence-electron chi connectivity index (χ0n) is 15.1. The minimum atomic E-state index is -0.724. The Morgan fingerprint density at radius 3 is 2.39 bits per heavy atom. The molecule has 4 aliphatic carbocycles. The van der Waals surface area contributed by atoms with Gasteiger partial charge in [-0.3, -0.25) is 4.79 Å². The predicted molar refractivity (Wildman–Crippen MR) is 88.8 cm³/mol. The molecular weight excluding hydrogens is 288 g/mol. The molecule has 4 saturated carbocycles. The van der Waals surface area contributed by atoms with Crippen LogP contribution in [0.4, 0.5) is 0 Å². The third-order valence-electron chi connectivity index (χ3n) is 9.03. The quantitative estimate of drug-likeness (QED) is 0.718. The summed E-state index contributed by atoms with van der Waals surface area (Å²) >= 11 is 0. The third-order valence-corrected chi connectivity index (χ3v) is 9.03. The molecule has 4 rings (SSSR count). The number of Topliss-reactive ketones (excluding diaryl/α,β-unsaturated/α-hetero) is 1.